The van der Waals surface area contributed by atoms with Crippen molar-refractivity contribution in [2.45, 2.75) is 32.4 Å². The first kappa shape index (κ1) is 19.1. The molecule has 1 saturated heterocycles. The highest BCUT2D eigenvalue weighted by Crippen LogP contribution is 2.15. The van der Waals surface area contributed by atoms with Crippen molar-refractivity contribution in [3.05, 3.63) is 71.3 Å². The smallest absolute Gasteiger partial charge is 0.287 e. The second-order valence-corrected chi connectivity index (χ2v) is 7.19. The molecule has 150 valence electrons. The van der Waals surface area contributed by atoms with E-state index >= 15 is 0 Å². The molecule has 1 aromatic carbocycles. The molecule has 1 atom stereocenters. The van der Waals surface area contributed by atoms with Gasteiger partial charge in [0.15, 0.2) is 5.69 Å². The van der Waals surface area contributed by atoms with Crippen LogP contribution in [0, 0.1) is 6.92 Å². The first-order valence-electron chi connectivity index (χ1n) is 9.83. The van der Waals surface area contributed by atoms with E-state index in [1.54, 1.807) is 22.7 Å². The first-order valence-corrected chi connectivity index (χ1v) is 9.83. The van der Waals surface area contributed by atoms with E-state index in [9.17, 15) is 9.59 Å². The number of hydrogen-bond donors (Lipinski definition) is 2. The maximum absolute atomic E-state index is 12.8. The largest absolute Gasteiger partial charge is 0.376 e. The Morgan fingerprint density at radius 1 is 1.14 bits per heavy atom. The molecule has 0 aliphatic carbocycles. The van der Waals surface area contributed by atoms with Crippen molar-refractivity contribution in [1.82, 2.24) is 20.0 Å². The van der Waals surface area contributed by atoms with Crippen LogP contribution < -0.4 is 10.6 Å². The number of rotatable bonds is 6. The third kappa shape index (κ3) is 4.14. The lowest BCUT2D eigenvalue weighted by Gasteiger charge is -2.09. The predicted octanol–water partition coefficient (Wildman–Crippen LogP) is 2.48. The minimum atomic E-state index is -0.326. The molecule has 3 heterocycles. The molecule has 0 radical (unpaired) electrons. The molecule has 7 heteroatoms. The summed E-state index contributed by atoms with van der Waals surface area (Å²) >= 11 is 0. The van der Waals surface area contributed by atoms with Gasteiger partial charge in [0.2, 0.25) is 5.82 Å². The quantitative estimate of drug-likeness (QED) is 0.675. The summed E-state index contributed by atoms with van der Waals surface area (Å²) in [5, 5.41) is 5.78. The Kier molecular flexibility index (Phi) is 5.57. The maximum atomic E-state index is 12.8. The Hall–Kier alpha value is -3.19. The first-order chi connectivity index (χ1) is 14.1. The molecule has 4 rings (SSSR count). The number of nitrogens with one attached hydrogen (secondary N) is 2. The van der Waals surface area contributed by atoms with E-state index in [1.807, 2.05) is 37.3 Å². The molecule has 0 spiro atoms. The topological polar surface area (TPSA) is 84.7 Å². The number of hydrogen-bond acceptors (Lipinski definition) is 4. The van der Waals surface area contributed by atoms with Gasteiger partial charge in [-0.05, 0) is 43.0 Å². The van der Waals surface area contributed by atoms with Gasteiger partial charge < -0.3 is 15.4 Å². The fourth-order valence-electron chi connectivity index (χ4n) is 3.52. The predicted molar refractivity (Wildman–Crippen MR) is 109 cm³/mol. The summed E-state index contributed by atoms with van der Waals surface area (Å²) in [7, 11) is 0. The van der Waals surface area contributed by atoms with Crippen molar-refractivity contribution in [2.24, 2.45) is 0 Å². The van der Waals surface area contributed by atoms with E-state index in [0.717, 1.165) is 30.6 Å². The molecule has 2 aromatic heterocycles. The summed E-state index contributed by atoms with van der Waals surface area (Å²) in [6, 6.07) is 13.3. The minimum Gasteiger partial charge on any atom is -0.376 e. The molecule has 29 heavy (non-hydrogen) atoms. The van der Waals surface area contributed by atoms with Gasteiger partial charge >= 0.3 is 0 Å². The van der Waals surface area contributed by atoms with Crippen molar-refractivity contribution in [3.8, 4) is 0 Å². The fourth-order valence-corrected chi connectivity index (χ4v) is 3.52. The molecular formula is C22H24N4O3. The van der Waals surface area contributed by atoms with Crippen molar-refractivity contribution < 1.29 is 14.3 Å². The highest BCUT2D eigenvalue weighted by molar-refractivity contribution is 6.02. The highest BCUT2D eigenvalue weighted by atomic mass is 16.5. The zero-order valence-electron chi connectivity index (χ0n) is 16.4. The van der Waals surface area contributed by atoms with Gasteiger partial charge in [-0.15, -0.1) is 0 Å². The SMILES string of the molecule is Cc1ccccc1CNC(=O)c1nc(C(=O)NCC2CCCO2)c2ccccn12. The van der Waals surface area contributed by atoms with Crippen molar-refractivity contribution in [3.63, 3.8) is 0 Å². The van der Waals surface area contributed by atoms with E-state index in [2.05, 4.69) is 15.6 Å². The summed E-state index contributed by atoms with van der Waals surface area (Å²) in [6.07, 6.45) is 3.74. The summed E-state index contributed by atoms with van der Waals surface area (Å²) in [5.74, 6) is -0.439. The number of carbonyl (C=O) groups is 2. The Labute approximate surface area is 169 Å². The Morgan fingerprint density at radius 3 is 2.76 bits per heavy atom. The molecule has 7 nitrogen and oxygen atoms in total. The zero-order chi connectivity index (χ0) is 20.2. The minimum absolute atomic E-state index is 0.0460. The molecule has 1 unspecified atom stereocenters. The van der Waals surface area contributed by atoms with Gasteiger partial charge in [-0.2, -0.15) is 0 Å². The van der Waals surface area contributed by atoms with E-state index in [-0.39, 0.29) is 29.4 Å². The molecule has 2 N–H and O–H groups in total. The number of ether oxygens (including phenoxy) is 1. The van der Waals surface area contributed by atoms with Gasteiger partial charge in [0.25, 0.3) is 11.8 Å². The number of amides is 2. The second kappa shape index (κ2) is 8.45. The van der Waals surface area contributed by atoms with Crippen LogP contribution in [0.3, 0.4) is 0 Å². The standard InChI is InChI=1S/C22H24N4O3/c1-15-7-2-3-8-16(15)13-23-22(28)20-25-19(18-10-4-5-11-26(18)20)21(27)24-14-17-9-6-12-29-17/h2-5,7-8,10-11,17H,6,9,12-14H2,1H3,(H,23,28)(H,24,27). The molecule has 3 aromatic rings. The number of aryl methyl sites for hydroxylation is 1. The van der Waals surface area contributed by atoms with Crippen LogP contribution in [0.2, 0.25) is 0 Å². The lowest BCUT2D eigenvalue weighted by molar-refractivity contribution is 0.0855. The lowest BCUT2D eigenvalue weighted by Crippen LogP contribution is -2.32. The molecule has 0 bridgehead atoms. The Bertz CT molecular complexity index is 1040. The summed E-state index contributed by atoms with van der Waals surface area (Å²) < 4.78 is 7.20. The van der Waals surface area contributed by atoms with Gasteiger partial charge in [-0.25, -0.2) is 4.98 Å². The number of carbonyl (C=O) groups excluding carboxylic acids is 2. The number of benzene rings is 1. The number of pyridine rings is 1. The van der Waals surface area contributed by atoms with Gasteiger partial charge in [0.05, 0.1) is 11.6 Å². The van der Waals surface area contributed by atoms with Crippen LogP contribution >= 0.6 is 0 Å². The monoisotopic (exact) mass is 392 g/mol. The number of imidazole rings is 1. The van der Waals surface area contributed by atoms with Crippen LogP contribution in [0.1, 0.15) is 45.1 Å². The molecule has 1 aliphatic heterocycles. The number of aromatic nitrogens is 2. The molecule has 2 amide bonds. The summed E-state index contributed by atoms with van der Waals surface area (Å²) in [6.45, 7) is 3.58. The fraction of sp³-hybridized carbons (Fsp3) is 0.318. The molecule has 1 aliphatic rings. The second-order valence-electron chi connectivity index (χ2n) is 7.19. The maximum Gasteiger partial charge on any atom is 0.287 e. The van der Waals surface area contributed by atoms with Crippen LogP contribution in [-0.2, 0) is 11.3 Å². The van der Waals surface area contributed by atoms with Gasteiger partial charge in [-0.1, -0.05) is 30.3 Å². The van der Waals surface area contributed by atoms with E-state index in [0.29, 0.717) is 18.6 Å². The number of nitrogens with zero attached hydrogens (tertiary/aromatic N) is 2. The Morgan fingerprint density at radius 2 is 1.97 bits per heavy atom. The van der Waals surface area contributed by atoms with Crippen LogP contribution in [0.15, 0.2) is 48.7 Å². The summed E-state index contributed by atoms with van der Waals surface area (Å²) in [5.41, 5.74) is 2.98. The zero-order valence-corrected chi connectivity index (χ0v) is 16.4. The third-order valence-corrected chi connectivity index (χ3v) is 5.18. The van der Waals surface area contributed by atoms with Crippen molar-refractivity contribution >= 4 is 17.3 Å². The molecular weight excluding hydrogens is 368 g/mol. The summed E-state index contributed by atoms with van der Waals surface area (Å²) in [4.78, 5) is 29.9. The average Bonchev–Trinajstić information content (AvgIpc) is 3.39. The van der Waals surface area contributed by atoms with E-state index in [1.165, 1.54) is 0 Å². The van der Waals surface area contributed by atoms with Crippen molar-refractivity contribution in [1.29, 1.82) is 0 Å². The average molecular weight is 392 g/mol. The van der Waals surface area contributed by atoms with Crippen molar-refractivity contribution in [2.75, 3.05) is 13.2 Å². The van der Waals surface area contributed by atoms with Crippen LogP contribution in [0.25, 0.3) is 5.52 Å². The highest BCUT2D eigenvalue weighted by Gasteiger charge is 2.23. The van der Waals surface area contributed by atoms with Gasteiger partial charge in [-0.3, -0.25) is 14.0 Å². The van der Waals surface area contributed by atoms with Crippen LogP contribution in [-0.4, -0.2) is 40.5 Å². The third-order valence-electron chi connectivity index (χ3n) is 5.18. The lowest BCUT2D eigenvalue weighted by atomic mass is 10.1. The molecule has 1 fully saturated rings. The molecule has 0 saturated carbocycles. The van der Waals surface area contributed by atoms with Gasteiger partial charge in [0, 0.05) is 25.9 Å². The van der Waals surface area contributed by atoms with Crippen LogP contribution in [0.5, 0.6) is 0 Å². The van der Waals surface area contributed by atoms with Crippen LogP contribution in [0.4, 0.5) is 0 Å². The Balaban J connectivity index is 1.52. The number of fused-ring (bicyclic) bond motifs is 1. The normalized spacial score (nSPS) is 16.1. The van der Waals surface area contributed by atoms with E-state index in [4.69, 9.17) is 4.74 Å². The van der Waals surface area contributed by atoms with Gasteiger partial charge in [0.1, 0.15) is 0 Å². The van der Waals surface area contributed by atoms with E-state index < -0.39 is 0 Å².